The minimum Gasteiger partial charge on any atom is -0.369 e. The van der Waals surface area contributed by atoms with Crippen LogP contribution < -0.4 is 5.32 Å². The summed E-state index contributed by atoms with van der Waals surface area (Å²) in [5, 5.41) is 8.11. The first-order valence-corrected chi connectivity index (χ1v) is 5.58. The summed E-state index contributed by atoms with van der Waals surface area (Å²) in [6, 6.07) is 3.46. The first-order valence-electron chi connectivity index (χ1n) is 4.82. The average molecular weight is 257 g/mol. The highest BCUT2D eigenvalue weighted by molar-refractivity contribution is 6.36. The molecule has 0 aliphatic rings. The van der Waals surface area contributed by atoms with Crippen LogP contribution in [0.3, 0.4) is 0 Å². The SMILES string of the molecule is CCNc1nc(-n2cccn2)c(Cl)cc1Cl. The standard InChI is InChI=1S/C10H10Cl2N4/c1-2-13-9-7(11)6-8(12)10(15-9)16-5-3-4-14-16/h3-6H,2H2,1H3,(H,13,15). The summed E-state index contributed by atoms with van der Waals surface area (Å²) in [5.41, 5.74) is 0. The van der Waals surface area contributed by atoms with E-state index in [0.29, 0.717) is 21.7 Å². The predicted molar refractivity (Wildman–Crippen MR) is 65.5 cm³/mol. The summed E-state index contributed by atoms with van der Waals surface area (Å²) in [5.74, 6) is 1.17. The van der Waals surface area contributed by atoms with E-state index >= 15 is 0 Å². The van der Waals surface area contributed by atoms with Gasteiger partial charge in [0.05, 0.1) is 10.0 Å². The van der Waals surface area contributed by atoms with E-state index in [4.69, 9.17) is 23.2 Å². The first-order chi connectivity index (χ1) is 7.72. The Kier molecular flexibility index (Phi) is 3.31. The Hall–Kier alpha value is -1.26. The van der Waals surface area contributed by atoms with Gasteiger partial charge in [-0.2, -0.15) is 5.10 Å². The number of aromatic nitrogens is 3. The molecule has 0 unspecified atom stereocenters. The number of hydrogen-bond acceptors (Lipinski definition) is 3. The molecular formula is C10H10Cl2N4. The molecule has 0 radical (unpaired) electrons. The van der Waals surface area contributed by atoms with Crippen LogP contribution in [-0.4, -0.2) is 21.3 Å². The molecule has 0 amide bonds. The molecule has 0 aromatic carbocycles. The number of halogens is 2. The Labute approximate surface area is 103 Å². The van der Waals surface area contributed by atoms with Crippen LogP contribution in [0.2, 0.25) is 10.0 Å². The molecule has 16 heavy (non-hydrogen) atoms. The lowest BCUT2D eigenvalue weighted by molar-refractivity contribution is 0.847. The van der Waals surface area contributed by atoms with Crippen molar-refractivity contribution in [3.8, 4) is 5.82 Å². The topological polar surface area (TPSA) is 42.7 Å². The molecule has 4 nitrogen and oxygen atoms in total. The quantitative estimate of drug-likeness (QED) is 0.919. The molecule has 0 saturated heterocycles. The zero-order valence-corrected chi connectivity index (χ0v) is 10.1. The lowest BCUT2D eigenvalue weighted by atomic mass is 10.4. The molecule has 2 heterocycles. The Morgan fingerprint density at radius 1 is 1.38 bits per heavy atom. The molecule has 0 saturated carbocycles. The van der Waals surface area contributed by atoms with Gasteiger partial charge in [-0.05, 0) is 19.1 Å². The van der Waals surface area contributed by atoms with E-state index < -0.39 is 0 Å². The number of pyridine rings is 1. The Balaban J connectivity index is 2.49. The molecule has 0 aliphatic heterocycles. The van der Waals surface area contributed by atoms with Crippen molar-refractivity contribution >= 4 is 29.0 Å². The third kappa shape index (κ3) is 2.13. The fourth-order valence-electron chi connectivity index (χ4n) is 1.30. The fraction of sp³-hybridized carbons (Fsp3) is 0.200. The maximum atomic E-state index is 6.06. The minimum absolute atomic E-state index is 0.468. The van der Waals surface area contributed by atoms with E-state index in [1.165, 1.54) is 0 Å². The van der Waals surface area contributed by atoms with E-state index in [9.17, 15) is 0 Å². The van der Waals surface area contributed by atoms with Crippen LogP contribution in [0.25, 0.3) is 5.82 Å². The summed E-state index contributed by atoms with van der Waals surface area (Å²) in [7, 11) is 0. The van der Waals surface area contributed by atoms with Gasteiger partial charge in [-0.25, -0.2) is 9.67 Å². The van der Waals surface area contributed by atoms with Crippen molar-refractivity contribution in [1.29, 1.82) is 0 Å². The van der Waals surface area contributed by atoms with Crippen LogP contribution in [-0.2, 0) is 0 Å². The van der Waals surface area contributed by atoms with Gasteiger partial charge in [0.2, 0.25) is 0 Å². The zero-order valence-electron chi connectivity index (χ0n) is 8.61. The molecular weight excluding hydrogens is 247 g/mol. The van der Waals surface area contributed by atoms with Crippen molar-refractivity contribution in [3.05, 3.63) is 34.6 Å². The number of hydrogen-bond donors (Lipinski definition) is 1. The second-order valence-corrected chi connectivity index (χ2v) is 3.92. The van der Waals surface area contributed by atoms with E-state index in [2.05, 4.69) is 15.4 Å². The molecule has 0 fully saturated rings. The molecule has 6 heteroatoms. The maximum absolute atomic E-state index is 6.06. The van der Waals surface area contributed by atoms with Gasteiger partial charge in [-0.1, -0.05) is 23.2 Å². The Bertz CT molecular complexity index is 482. The second-order valence-electron chi connectivity index (χ2n) is 3.11. The summed E-state index contributed by atoms with van der Waals surface area (Å²) < 4.78 is 1.60. The van der Waals surface area contributed by atoms with Gasteiger partial charge < -0.3 is 5.32 Å². The molecule has 2 aromatic heterocycles. The number of nitrogens with one attached hydrogen (secondary N) is 1. The predicted octanol–water partition coefficient (Wildman–Crippen LogP) is 3.01. The van der Waals surface area contributed by atoms with Crippen molar-refractivity contribution in [3.63, 3.8) is 0 Å². The molecule has 0 spiro atoms. The van der Waals surface area contributed by atoms with Gasteiger partial charge in [-0.3, -0.25) is 0 Å². The molecule has 0 bridgehead atoms. The minimum atomic E-state index is 0.468. The van der Waals surface area contributed by atoms with Crippen molar-refractivity contribution in [2.45, 2.75) is 6.92 Å². The van der Waals surface area contributed by atoms with Crippen LogP contribution >= 0.6 is 23.2 Å². The highest BCUT2D eigenvalue weighted by Gasteiger charge is 2.10. The van der Waals surface area contributed by atoms with Gasteiger partial charge in [0.15, 0.2) is 5.82 Å². The molecule has 84 valence electrons. The molecule has 2 rings (SSSR count). The van der Waals surface area contributed by atoms with Crippen molar-refractivity contribution in [1.82, 2.24) is 14.8 Å². The number of anilines is 1. The molecule has 2 aromatic rings. The van der Waals surface area contributed by atoms with E-state index in [1.807, 2.05) is 6.92 Å². The van der Waals surface area contributed by atoms with Crippen molar-refractivity contribution in [2.24, 2.45) is 0 Å². The van der Waals surface area contributed by atoms with Crippen molar-refractivity contribution in [2.75, 3.05) is 11.9 Å². The van der Waals surface area contributed by atoms with Crippen molar-refractivity contribution < 1.29 is 0 Å². The Morgan fingerprint density at radius 2 is 2.19 bits per heavy atom. The van der Waals surface area contributed by atoms with Crippen LogP contribution in [0, 0.1) is 0 Å². The van der Waals surface area contributed by atoms with Gasteiger partial charge in [0, 0.05) is 18.9 Å². The largest absolute Gasteiger partial charge is 0.369 e. The lowest BCUT2D eigenvalue weighted by Gasteiger charge is -2.09. The molecule has 1 N–H and O–H groups in total. The van der Waals surface area contributed by atoms with Gasteiger partial charge in [-0.15, -0.1) is 0 Å². The Morgan fingerprint density at radius 3 is 2.81 bits per heavy atom. The van der Waals surface area contributed by atoms with E-state index in [1.54, 1.807) is 29.2 Å². The molecule has 0 atom stereocenters. The fourth-order valence-corrected chi connectivity index (χ4v) is 1.82. The highest BCUT2D eigenvalue weighted by Crippen LogP contribution is 2.27. The number of nitrogens with zero attached hydrogens (tertiary/aromatic N) is 3. The third-order valence-corrected chi connectivity index (χ3v) is 2.54. The monoisotopic (exact) mass is 256 g/mol. The summed E-state index contributed by atoms with van der Waals surface area (Å²) in [4.78, 5) is 4.33. The first kappa shape index (κ1) is 11.2. The highest BCUT2D eigenvalue weighted by atomic mass is 35.5. The third-order valence-electron chi connectivity index (χ3n) is 1.98. The summed E-state index contributed by atoms with van der Waals surface area (Å²) >= 11 is 12.1. The van der Waals surface area contributed by atoms with Gasteiger partial charge >= 0.3 is 0 Å². The maximum Gasteiger partial charge on any atom is 0.174 e. The normalized spacial score (nSPS) is 10.4. The zero-order chi connectivity index (χ0) is 11.5. The van der Waals surface area contributed by atoms with Crippen LogP contribution in [0.5, 0.6) is 0 Å². The summed E-state index contributed by atoms with van der Waals surface area (Å²) in [6.45, 7) is 2.72. The lowest BCUT2D eigenvalue weighted by Crippen LogP contribution is -2.05. The average Bonchev–Trinajstić information content (AvgIpc) is 2.75. The van der Waals surface area contributed by atoms with Crippen LogP contribution in [0.4, 0.5) is 5.82 Å². The van der Waals surface area contributed by atoms with Gasteiger partial charge in [0.1, 0.15) is 5.82 Å². The van der Waals surface area contributed by atoms with Crippen LogP contribution in [0.1, 0.15) is 6.92 Å². The second kappa shape index (κ2) is 4.72. The summed E-state index contributed by atoms with van der Waals surface area (Å²) in [6.07, 6.45) is 3.44. The molecule has 0 aliphatic carbocycles. The smallest absolute Gasteiger partial charge is 0.174 e. The van der Waals surface area contributed by atoms with Gasteiger partial charge in [0.25, 0.3) is 0 Å². The van der Waals surface area contributed by atoms with Crippen LogP contribution in [0.15, 0.2) is 24.5 Å². The van der Waals surface area contributed by atoms with E-state index in [0.717, 1.165) is 6.54 Å². The van der Waals surface area contributed by atoms with E-state index in [-0.39, 0.29) is 0 Å². The number of rotatable bonds is 3.